The van der Waals surface area contributed by atoms with Crippen molar-refractivity contribution in [2.45, 2.75) is 0 Å². The van der Waals surface area contributed by atoms with E-state index >= 15 is 0 Å². The van der Waals surface area contributed by atoms with Crippen LogP contribution in [0.4, 0.5) is 39.9 Å². The summed E-state index contributed by atoms with van der Waals surface area (Å²) < 4.78 is 0. The summed E-state index contributed by atoms with van der Waals surface area (Å²) in [5.41, 5.74) is -6.11. The number of nitro groups is 5. The molecule has 1 aromatic carbocycles. The average Bonchev–Trinajstić information content (AvgIpc) is 2.64. The molecule has 0 bridgehead atoms. The molecule has 148 valence electrons. The standard InChI is InChI=1S/C11H4N8O10/c20-15(21)5-1-7(17(24)25)10(8(2-5)18(26)27)13-14-11-9(19(28)29)3-6(4-12-11)16(22)23/h1-4H. The lowest BCUT2D eigenvalue weighted by Crippen LogP contribution is -1.98. The van der Waals surface area contributed by atoms with Crippen LogP contribution in [0.25, 0.3) is 0 Å². The highest BCUT2D eigenvalue weighted by atomic mass is 16.6. The van der Waals surface area contributed by atoms with Crippen LogP contribution in [-0.4, -0.2) is 29.6 Å². The number of hydrogen-bond acceptors (Lipinski definition) is 13. The predicted molar refractivity (Wildman–Crippen MR) is 88.1 cm³/mol. The molecular weight excluding hydrogens is 404 g/mol. The molecule has 0 aliphatic heterocycles. The number of rotatable bonds is 7. The Morgan fingerprint density at radius 1 is 0.621 bits per heavy atom. The first kappa shape index (κ1) is 20.3. The van der Waals surface area contributed by atoms with Crippen molar-refractivity contribution in [3.8, 4) is 0 Å². The second-order valence-corrected chi connectivity index (χ2v) is 4.85. The Labute approximate surface area is 155 Å². The van der Waals surface area contributed by atoms with Gasteiger partial charge in [0.05, 0.1) is 42.8 Å². The third-order valence-corrected chi connectivity index (χ3v) is 3.14. The number of nitrogens with zero attached hydrogens (tertiary/aromatic N) is 8. The van der Waals surface area contributed by atoms with E-state index in [-0.39, 0.29) is 0 Å². The van der Waals surface area contributed by atoms with Crippen molar-refractivity contribution >= 4 is 39.9 Å². The maximum absolute atomic E-state index is 11.1. The van der Waals surface area contributed by atoms with Gasteiger partial charge in [-0.25, -0.2) is 4.98 Å². The third-order valence-electron chi connectivity index (χ3n) is 3.14. The monoisotopic (exact) mass is 408 g/mol. The van der Waals surface area contributed by atoms with Crippen LogP contribution in [0.5, 0.6) is 0 Å². The molecule has 0 radical (unpaired) electrons. The van der Waals surface area contributed by atoms with Crippen molar-refractivity contribution in [1.29, 1.82) is 0 Å². The second kappa shape index (κ2) is 7.69. The van der Waals surface area contributed by atoms with E-state index in [0.29, 0.717) is 24.4 Å². The number of hydrogen-bond donors (Lipinski definition) is 0. The van der Waals surface area contributed by atoms with Gasteiger partial charge in [0.25, 0.3) is 17.2 Å². The van der Waals surface area contributed by atoms with E-state index in [4.69, 9.17) is 0 Å². The Balaban J connectivity index is 2.70. The summed E-state index contributed by atoms with van der Waals surface area (Å²) in [4.78, 5) is 52.5. The molecule has 0 atom stereocenters. The summed E-state index contributed by atoms with van der Waals surface area (Å²) in [5, 5.41) is 61.2. The van der Waals surface area contributed by atoms with E-state index in [1.165, 1.54) is 0 Å². The first-order chi connectivity index (χ1) is 13.5. The van der Waals surface area contributed by atoms with Crippen molar-refractivity contribution in [1.82, 2.24) is 4.98 Å². The van der Waals surface area contributed by atoms with Crippen molar-refractivity contribution in [3.05, 3.63) is 75.0 Å². The summed E-state index contributed by atoms with van der Waals surface area (Å²) in [7, 11) is 0. The summed E-state index contributed by atoms with van der Waals surface area (Å²) in [6, 6.07) is 1.26. The van der Waals surface area contributed by atoms with Gasteiger partial charge in [-0.05, 0) is 0 Å². The number of aromatic nitrogens is 1. The molecule has 0 amide bonds. The van der Waals surface area contributed by atoms with Crippen LogP contribution in [0.15, 0.2) is 34.6 Å². The average molecular weight is 408 g/mol. The first-order valence-electron chi connectivity index (χ1n) is 6.84. The van der Waals surface area contributed by atoms with E-state index in [9.17, 15) is 50.6 Å². The molecule has 0 spiro atoms. The molecule has 0 N–H and O–H groups in total. The predicted octanol–water partition coefficient (Wildman–Crippen LogP) is 3.04. The maximum Gasteiger partial charge on any atom is 0.322 e. The van der Waals surface area contributed by atoms with Gasteiger partial charge in [0, 0.05) is 0 Å². The number of nitro benzene ring substituents is 3. The molecule has 2 aromatic rings. The number of azo groups is 1. The van der Waals surface area contributed by atoms with Crippen LogP contribution in [-0.2, 0) is 0 Å². The summed E-state index contributed by atoms with van der Waals surface area (Å²) >= 11 is 0. The van der Waals surface area contributed by atoms with Gasteiger partial charge in [0.15, 0.2) is 0 Å². The van der Waals surface area contributed by atoms with Gasteiger partial charge in [-0.2, -0.15) is 0 Å². The quantitative estimate of drug-likeness (QED) is 0.365. The highest BCUT2D eigenvalue weighted by molar-refractivity contribution is 5.74. The minimum absolute atomic E-state index is 0.388. The van der Waals surface area contributed by atoms with Gasteiger partial charge < -0.3 is 0 Å². The van der Waals surface area contributed by atoms with Gasteiger partial charge >= 0.3 is 17.1 Å². The Morgan fingerprint density at radius 2 is 1.07 bits per heavy atom. The molecular formula is C11H4N8O10. The Hall–Kier alpha value is -5.03. The van der Waals surface area contributed by atoms with Crippen LogP contribution >= 0.6 is 0 Å². The van der Waals surface area contributed by atoms with Gasteiger partial charge in [-0.1, -0.05) is 0 Å². The van der Waals surface area contributed by atoms with E-state index in [1.54, 1.807) is 0 Å². The minimum atomic E-state index is -1.20. The SMILES string of the molecule is O=[N+]([O-])c1cnc(N=Nc2c([N+](=O)[O-])cc([N+](=O)[O-])cc2[N+](=O)[O-])c([N+](=O)[O-])c1. The van der Waals surface area contributed by atoms with E-state index in [0.717, 1.165) is 0 Å². The Bertz CT molecular complexity index is 1080. The van der Waals surface area contributed by atoms with Crippen molar-refractivity contribution < 1.29 is 24.6 Å². The van der Waals surface area contributed by atoms with E-state index < -0.39 is 64.6 Å². The fraction of sp³-hybridized carbons (Fsp3) is 0. The maximum atomic E-state index is 11.1. The summed E-state index contributed by atoms with van der Waals surface area (Å²) in [6.45, 7) is 0. The molecule has 18 heteroatoms. The lowest BCUT2D eigenvalue weighted by atomic mass is 10.2. The topological polar surface area (TPSA) is 253 Å². The minimum Gasteiger partial charge on any atom is -0.258 e. The fourth-order valence-corrected chi connectivity index (χ4v) is 1.92. The first-order valence-corrected chi connectivity index (χ1v) is 6.84. The molecule has 0 aliphatic rings. The van der Waals surface area contributed by atoms with Crippen LogP contribution in [0.1, 0.15) is 0 Å². The van der Waals surface area contributed by atoms with Gasteiger partial charge in [-0.15, -0.1) is 10.2 Å². The normalized spacial score (nSPS) is 10.6. The molecule has 0 saturated carbocycles. The summed E-state index contributed by atoms with van der Waals surface area (Å²) in [6.07, 6.45) is 0.583. The molecule has 0 aliphatic carbocycles. The highest BCUT2D eigenvalue weighted by Gasteiger charge is 2.31. The number of pyridine rings is 1. The lowest BCUT2D eigenvalue weighted by Gasteiger charge is -2.00. The zero-order valence-electron chi connectivity index (χ0n) is 13.5. The van der Waals surface area contributed by atoms with Crippen LogP contribution in [0.3, 0.4) is 0 Å². The fourth-order valence-electron chi connectivity index (χ4n) is 1.92. The molecule has 0 saturated heterocycles. The number of benzene rings is 1. The zero-order chi connectivity index (χ0) is 21.9. The summed E-state index contributed by atoms with van der Waals surface area (Å²) in [5.74, 6) is -0.845. The smallest absolute Gasteiger partial charge is 0.258 e. The van der Waals surface area contributed by atoms with Crippen LogP contribution in [0, 0.1) is 50.6 Å². The van der Waals surface area contributed by atoms with Gasteiger partial charge in [0.2, 0.25) is 5.69 Å². The Kier molecular flexibility index (Phi) is 5.38. The third kappa shape index (κ3) is 4.21. The van der Waals surface area contributed by atoms with E-state index in [2.05, 4.69) is 15.2 Å². The molecule has 1 aromatic heterocycles. The van der Waals surface area contributed by atoms with Gasteiger partial charge in [0.1, 0.15) is 6.20 Å². The Morgan fingerprint density at radius 3 is 1.48 bits per heavy atom. The second-order valence-electron chi connectivity index (χ2n) is 4.85. The largest absolute Gasteiger partial charge is 0.322 e. The van der Waals surface area contributed by atoms with Crippen molar-refractivity contribution in [3.63, 3.8) is 0 Å². The van der Waals surface area contributed by atoms with Crippen LogP contribution < -0.4 is 0 Å². The molecule has 2 rings (SSSR count). The van der Waals surface area contributed by atoms with E-state index in [1.807, 2.05) is 0 Å². The van der Waals surface area contributed by atoms with Crippen LogP contribution in [0.2, 0.25) is 0 Å². The molecule has 18 nitrogen and oxygen atoms in total. The number of non-ortho nitro benzene ring substituents is 1. The van der Waals surface area contributed by atoms with Crippen molar-refractivity contribution in [2.75, 3.05) is 0 Å². The zero-order valence-corrected chi connectivity index (χ0v) is 13.5. The molecule has 0 fully saturated rings. The highest BCUT2D eigenvalue weighted by Crippen LogP contribution is 2.41. The van der Waals surface area contributed by atoms with Gasteiger partial charge in [-0.3, -0.25) is 50.6 Å². The van der Waals surface area contributed by atoms with Crippen molar-refractivity contribution in [2.24, 2.45) is 10.2 Å². The molecule has 1 heterocycles. The molecule has 29 heavy (non-hydrogen) atoms. The molecule has 0 unspecified atom stereocenters. The lowest BCUT2D eigenvalue weighted by molar-refractivity contribution is -0.402.